The maximum atomic E-state index is 13.2. The average Bonchev–Trinajstić information content (AvgIpc) is 2.89. The van der Waals surface area contributed by atoms with Gasteiger partial charge in [0.05, 0.1) is 11.8 Å². The van der Waals surface area contributed by atoms with Crippen molar-refractivity contribution in [2.75, 3.05) is 50.6 Å². The minimum Gasteiger partial charge on any atom is -0.398 e. The quantitative estimate of drug-likeness (QED) is 0.365. The van der Waals surface area contributed by atoms with Gasteiger partial charge in [-0.1, -0.05) is 12.6 Å². The van der Waals surface area contributed by atoms with E-state index in [1.807, 2.05) is 37.9 Å². The first-order valence-electron chi connectivity index (χ1n) is 12.1. The van der Waals surface area contributed by atoms with Gasteiger partial charge in [-0.2, -0.15) is 13.2 Å². The van der Waals surface area contributed by atoms with Crippen LogP contribution in [0.4, 0.5) is 30.2 Å². The molecule has 13 heteroatoms. The van der Waals surface area contributed by atoms with E-state index < -0.39 is 23.3 Å². The first-order chi connectivity index (χ1) is 18.8. The van der Waals surface area contributed by atoms with Crippen LogP contribution in [0, 0.1) is 6.92 Å². The van der Waals surface area contributed by atoms with Crippen molar-refractivity contribution in [3.05, 3.63) is 77.4 Å². The van der Waals surface area contributed by atoms with Crippen LogP contribution in [0.2, 0.25) is 0 Å². The van der Waals surface area contributed by atoms with Crippen LogP contribution < -0.4 is 22.1 Å². The smallest absolute Gasteiger partial charge is 0.398 e. The zero-order valence-corrected chi connectivity index (χ0v) is 22.7. The lowest BCUT2D eigenvalue weighted by molar-refractivity contribution is -0.136. The summed E-state index contributed by atoms with van der Waals surface area (Å²) in [4.78, 5) is 30.0. The summed E-state index contributed by atoms with van der Waals surface area (Å²) in [6.45, 7) is 6.89. The minimum atomic E-state index is -4.65. The van der Waals surface area contributed by atoms with Crippen molar-refractivity contribution in [1.82, 2.24) is 9.80 Å². The number of hydrogen-bond donors (Lipinski definition) is 4. The van der Waals surface area contributed by atoms with E-state index in [0.29, 0.717) is 29.6 Å². The van der Waals surface area contributed by atoms with Gasteiger partial charge in [0.15, 0.2) is 0 Å². The van der Waals surface area contributed by atoms with Crippen LogP contribution in [0.25, 0.3) is 0 Å². The summed E-state index contributed by atoms with van der Waals surface area (Å²) < 4.78 is 39.7. The van der Waals surface area contributed by atoms with Crippen LogP contribution >= 0.6 is 0 Å². The molecule has 1 aliphatic rings. The fourth-order valence-electron chi connectivity index (χ4n) is 3.58. The Morgan fingerprint density at radius 3 is 2.50 bits per heavy atom. The molecular weight excluding hydrogens is 523 g/mol. The molecule has 10 nitrogen and oxygen atoms in total. The number of alkyl halides is 3. The topological polar surface area (TPSA) is 137 Å². The lowest BCUT2D eigenvalue weighted by Crippen LogP contribution is -2.35. The first-order valence-corrected chi connectivity index (χ1v) is 12.1. The zero-order valence-electron chi connectivity index (χ0n) is 22.7. The number of likely N-dealkylation sites (N-methyl/N-ethyl adjacent to an activating group) is 2. The van der Waals surface area contributed by atoms with E-state index in [0.717, 1.165) is 24.2 Å². The van der Waals surface area contributed by atoms with Gasteiger partial charge in [-0.05, 0) is 56.9 Å². The van der Waals surface area contributed by atoms with E-state index >= 15 is 0 Å². The average molecular weight is 556 g/mol. The molecule has 0 bridgehead atoms. The largest absolute Gasteiger partial charge is 0.418 e. The standard InChI is InChI=1S/C27H32F3N9O/c1-6-33-22-15-34-26(39(5)12-11-38(3)4)37-23(22)24(32)36-21-13-17(8-7-16(21)2)25(40)35-18-9-10-20(31)19(14-18)27(28,29)30/h6-10,13-15,36H,1,11-12,31-32H2,2-5H3,(H,35,40)/b24-23-,33-22-. The van der Waals surface area contributed by atoms with Gasteiger partial charge in [0.2, 0.25) is 5.96 Å². The molecule has 0 aromatic heterocycles. The van der Waals surface area contributed by atoms with Gasteiger partial charge in [-0.15, -0.1) is 0 Å². The number of nitrogens with zero attached hydrogens (tertiary/aromatic N) is 5. The molecule has 1 heterocycles. The number of benzene rings is 2. The van der Waals surface area contributed by atoms with Gasteiger partial charge in [0, 0.05) is 49.0 Å². The highest BCUT2D eigenvalue weighted by molar-refractivity contribution is 6.41. The van der Waals surface area contributed by atoms with Crippen molar-refractivity contribution in [2.24, 2.45) is 20.7 Å². The lowest BCUT2D eigenvalue weighted by atomic mass is 10.1. The SMILES string of the molecule is C=C/N=C1/C=NC(N(C)CCN(C)C)=N/C1=C(/N)Nc1cc(C(=O)Nc2ccc(N)c(C(F)(F)F)c2)ccc1C. The molecule has 0 fully saturated rings. The molecule has 2 aromatic rings. The number of aryl methyl sites for hydroxylation is 1. The third kappa shape index (κ3) is 7.47. The van der Waals surface area contributed by atoms with E-state index in [1.54, 1.807) is 18.3 Å². The first kappa shape index (κ1) is 29.9. The normalized spacial score (nSPS) is 15.6. The summed E-state index contributed by atoms with van der Waals surface area (Å²) in [6.07, 6.45) is -1.76. The second-order valence-corrected chi connectivity index (χ2v) is 9.26. The number of halogens is 3. The number of carbonyl (C=O) groups is 1. The molecular formula is C27H32F3N9O. The maximum absolute atomic E-state index is 13.2. The molecule has 0 spiro atoms. The molecule has 1 amide bonds. The number of aliphatic imine (C=N–C) groups is 3. The Kier molecular flexibility index (Phi) is 9.32. The van der Waals surface area contributed by atoms with Gasteiger partial charge in [-0.25, -0.2) is 9.98 Å². The fourth-order valence-corrected chi connectivity index (χ4v) is 3.58. The number of hydrogen-bond acceptors (Lipinski definition) is 9. The number of amides is 1. The number of carbonyl (C=O) groups excluding carboxylic acids is 1. The molecule has 6 N–H and O–H groups in total. The van der Waals surface area contributed by atoms with Gasteiger partial charge in [0.25, 0.3) is 5.91 Å². The zero-order chi connectivity index (χ0) is 29.6. The number of allylic oxidation sites excluding steroid dienone is 1. The van der Waals surface area contributed by atoms with Gasteiger partial charge >= 0.3 is 6.18 Å². The molecule has 0 saturated heterocycles. The Balaban J connectivity index is 1.89. The number of nitrogens with two attached hydrogens (primary N) is 2. The Hall–Kier alpha value is -4.65. The summed E-state index contributed by atoms with van der Waals surface area (Å²) in [5.74, 6) is -0.0239. The summed E-state index contributed by atoms with van der Waals surface area (Å²) in [5.41, 5.74) is 12.5. The van der Waals surface area contributed by atoms with Crippen LogP contribution in [0.1, 0.15) is 21.5 Å². The summed E-state index contributed by atoms with van der Waals surface area (Å²) in [6, 6.07) is 7.96. The summed E-state index contributed by atoms with van der Waals surface area (Å²) >= 11 is 0. The van der Waals surface area contributed by atoms with E-state index in [-0.39, 0.29) is 17.1 Å². The maximum Gasteiger partial charge on any atom is 0.418 e. The lowest BCUT2D eigenvalue weighted by Gasteiger charge is -2.23. The van der Waals surface area contributed by atoms with Crippen molar-refractivity contribution in [3.63, 3.8) is 0 Å². The number of nitrogens with one attached hydrogen (secondary N) is 2. The Morgan fingerprint density at radius 2 is 1.85 bits per heavy atom. The third-order valence-electron chi connectivity index (χ3n) is 5.85. The molecule has 0 saturated carbocycles. The summed E-state index contributed by atoms with van der Waals surface area (Å²) in [7, 11) is 5.80. The van der Waals surface area contributed by atoms with Crippen molar-refractivity contribution >= 4 is 40.9 Å². The van der Waals surface area contributed by atoms with Crippen molar-refractivity contribution in [1.29, 1.82) is 0 Å². The highest BCUT2D eigenvalue weighted by Gasteiger charge is 2.33. The van der Waals surface area contributed by atoms with Crippen LogP contribution in [-0.4, -0.2) is 67.8 Å². The number of guanidine groups is 1. The fraction of sp³-hybridized carbons (Fsp3) is 0.259. The molecule has 0 aliphatic carbocycles. The second kappa shape index (κ2) is 12.5. The molecule has 2 aromatic carbocycles. The second-order valence-electron chi connectivity index (χ2n) is 9.26. The highest BCUT2D eigenvalue weighted by atomic mass is 19.4. The van der Waals surface area contributed by atoms with Crippen LogP contribution in [0.3, 0.4) is 0 Å². The Bertz CT molecular complexity index is 1410. The molecule has 0 atom stereocenters. The molecule has 0 radical (unpaired) electrons. The molecule has 3 rings (SSSR count). The number of anilines is 3. The van der Waals surface area contributed by atoms with Crippen LogP contribution in [0.5, 0.6) is 0 Å². The molecule has 1 aliphatic heterocycles. The predicted octanol–water partition coefficient (Wildman–Crippen LogP) is 3.91. The minimum absolute atomic E-state index is 0.0461. The number of nitrogen functional groups attached to an aromatic ring is 1. The summed E-state index contributed by atoms with van der Waals surface area (Å²) in [5, 5.41) is 5.55. The van der Waals surface area contributed by atoms with E-state index in [4.69, 9.17) is 11.5 Å². The molecule has 0 unspecified atom stereocenters. The number of rotatable bonds is 8. The van der Waals surface area contributed by atoms with E-state index in [1.165, 1.54) is 18.3 Å². The van der Waals surface area contributed by atoms with Crippen molar-refractivity contribution in [2.45, 2.75) is 13.1 Å². The van der Waals surface area contributed by atoms with Crippen LogP contribution in [0.15, 0.2) is 75.7 Å². The van der Waals surface area contributed by atoms with Gasteiger partial charge < -0.3 is 31.9 Å². The van der Waals surface area contributed by atoms with Gasteiger partial charge in [0.1, 0.15) is 17.2 Å². The van der Waals surface area contributed by atoms with Crippen molar-refractivity contribution in [3.8, 4) is 0 Å². The van der Waals surface area contributed by atoms with Crippen LogP contribution in [-0.2, 0) is 6.18 Å². The van der Waals surface area contributed by atoms with Gasteiger partial charge in [-0.3, -0.25) is 9.79 Å². The van der Waals surface area contributed by atoms with E-state index in [2.05, 4.69) is 32.2 Å². The Labute approximate surface area is 230 Å². The van der Waals surface area contributed by atoms with E-state index in [9.17, 15) is 18.0 Å². The Morgan fingerprint density at radius 1 is 1.12 bits per heavy atom. The monoisotopic (exact) mass is 555 g/mol. The third-order valence-corrected chi connectivity index (χ3v) is 5.85. The molecule has 40 heavy (non-hydrogen) atoms. The highest BCUT2D eigenvalue weighted by Crippen LogP contribution is 2.35. The molecule has 212 valence electrons. The predicted molar refractivity (Wildman–Crippen MR) is 155 cm³/mol. The van der Waals surface area contributed by atoms with Crippen molar-refractivity contribution < 1.29 is 18.0 Å².